The lowest BCUT2D eigenvalue weighted by atomic mass is 9.91. The summed E-state index contributed by atoms with van der Waals surface area (Å²) in [4.78, 5) is 0. The largest absolute Gasteiger partial charge is 0.347 e. The maximum Gasteiger partial charge on any atom is 0.168 e. The van der Waals surface area contributed by atoms with Crippen LogP contribution in [0.15, 0.2) is 0 Å². The smallest absolute Gasteiger partial charge is 0.168 e. The van der Waals surface area contributed by atoms with Crippen LogP contribution in [0.1, 0.15) is 52.4 Å². The van der Waals surface area contributed by atoms with Gasteiger partial charge in [-0.05, 0) is 18.8 Å². The molecule has 14 heavy (non-hydrogen) atoms. The van der Waals surface area contributed by atoms with E-state index in [4.69, 9.17) is 9.47 Å². The molecule has 1 atom stereocenters. The molecule has 0 aromatic carbocycles. The standard InChI is InChI=1S/C12H22O2/c1-10(2)5-3-6-11-9-13-12(14-11)7-4-8-12/h10-11H,3-9H2,1-2H3. The van der Waals surface area contributed by atoms with Crippen LogP contribution in [0.5, 0.6) is 0 Å². The summed E-state index contributed by atoms with van der Waals surface area (Å²) in [5, 5.41) is 0. The van der Waals surface area contributed by atoms with Crippen molar-refractivity contribution in [2.24, 2.45) is 5.92 Å². The molecule has 0 radical (unpaired) electrons. The number of rotatable bonds is 4. The topological polar surface area (TPSA) is 18.5 Å². The first kappa shape index (κ1) is 10.4. The van der Waals surface area contributed by atoms with E-state index in [1.165, 1.54) is 25.7 Å². The molecule has 1 unspecified atom stereocenters. The predicted molar refractivity (Wildman–Crippen MR) is 56.1 cm³/mol. The summed E-state index contributed by atoms with van der Waals surface area (Å²) in [5.41, 5.74) is 0. The zero-order chi connectivity index (χ0) is 10.0. The van der Waals surface area contributed by atoms with E-state index in [9.17, 15) is 0 Å². The Bertz CT molecular complexity index is 185. The molecule has 2 aliphatic rings. The van der Waals surface area contributed by atoms with Crippen LogP contribution in [-0.4, -0.2) is 18.5 Å². The Kier molecular flexibility index (Phi) is 3.13. The van der Waals surface area contributed by atoms with Gasteiger partial charge in [0.1, 0.15) is 0 Å². The molecule has 2 fully saturated rings. The van der Waals surface area contributed by atoms with Crippen LogP contribution >= 0.6 is 0 Å². The average Bonchev–Trinajstić information content (AvgIpc) is 2.47. The van der Waals surface area contributed by atoms with Gasteiger partial charge >= 0.3 is 0 Å². The molecule has 1 aliphatic carbocycles. The van der Waals surface area contributed by atoms with Crippen molar-refractivity contribution in [2.45, 2.75) is 64.3 Å². The van der Waals surface area contributed by atoms with E-state index in [1.807, 2.05) is 0 Å². The maximum absolute atomic E-state index is 5.94. The summed E-state index contributed by atoms with van der Waals surface area (Å²) in [6.07, 6.45) is 7.67. The van der Waals surface area contributed by atoms with Crippen LogP contribution in [0.3, 0.4) is 0 Å². The minimum atomic E-state index is -0.123. The lowest BCUT2D eigenvalue weighted by Gasteiger charge is -2.36. The first-order valence-electron chi connectivity index (χ1n) is 6.02. The lowest BCUT2D eigenvalue weighted by Crippen LogP contribution is -2.38. The normalized spacial score (nSPS) is 29.8. The lowest BCUT2D eigenvalue weighted by molar-refractivity contribution is -0.216. The molecule has 1 heterocycles. The minimum absolute atomic E-state index is 0.123. The Hall–Kier alpha value is -0.0800. The number of ether oxygens (including phenoxy) is 2. The molecule has 0 amide bonds. The van der Waals surface area contributed by atoms with Crippen LogP contribution in [0.2, 0.25) is 0 Å². The van der Waals surface area contributed by atoms with Crippen LogP contribution in [0.4, 0.5) is 0 Å². The third-order valence-electron chi connectivity index (χ3n) is 3.34. The van der Waals surface area contributed by atoms with Gasteiger partial charge in [0.25, 0.3) is 0 Å². The maximum atomic E-state index is 5.94. The van der Waals surface area contributed by atoms with Crippen molar-refractivity contribution >= 4 is 0 Å². The monoisotopic (exact) mass is 198 g/mol. The van der Waals surface area contributed by atoms with Crippen LogP contribution < -0.4 is 0 Å². The van der Waals surface area contributed by atoms with Gasteiger partial charge < -0.3 is 9.47 Å². The van der Waals surface area contributed by atoms with Gasteiger partial charge in [0.15, 0.2) is 5.79 Å². The second-order valence-corrected chi connectivity index (χ2v) is 5.14. The van der Waals surface area contributed by atoms with E-state index < -0.39 is 0 Å². The molecule has 0 bridgehead atoms. The van der Waals surface area contributed by atoms with Crippen molar-refractivity contribution in [1.29, 1.82) is 0 Å². The highest BCUT2D eigenvalue weighted by Crippen LogP contribution is 2.42. The van der Waals surface area contributed by atoms with Crippen molar-refractivity contribution in [1.82, 2.24) is 0 Å². The fourth-order valence-corrected chi connectivity index (χ4v) is 2.24. The highest BCUT2D eigenvalue weighted by Gasteiger charge is 2.45. The third-order valence-corrected chi connectivity index (χ3v) is 3.34. The summed E-state index contributed by atoms with van der Waals surface area (Å²) in [7, 11) is 0. The van der Waals surface area contributed by atoms with Crippen molar-refractivity contribution in [2.75, 3.05) is 6.61 Å². The minimum Gasteiger partial charge on any atom is -0.347 e. The van der Waals surface area contributed by atoms with Gasteiger partial charge in [0.2, 0.25) is 0 Å². The molecule has 1 saturated carbocycles. The average molecular weight is 198 g/mol. The molecule has 1 spiro atoms. The van der Waals surface area contributed by atoms with Crippen LogP contribution in [0.25, 0.3) is 0 Å². The van der Waals surface area contributed by atoms with Crippen LogP contribution in [0, 0.1) is 5.92 Å². The fraction of sp³-hybridized carbons (Fsp3) is 1.00. The van der Waals surface area contributed by atoms with Crippen molar-refractivity contribution < 1.29 is 9.47 Å². The van der Waals surface area contributed by atoms with Gasteiger partial charge in [0.05, 0.1) is 12.7 Å². The Balaban J connectivity index is 1.64. The third kappa shape index (κ3) is 2.29. The summed E-state index contributed by atoms with van der Waals surface area (Å²) >= 11 is 0. The molecule has 1 aliphatic heterocycles. The highest BCUT2D eigenvalue weighted by atomic mass is 16.7. The van der Waals surface area contributed by atoms with Gasteiger partial charge in [0, 0.05) is 12.8 Å². The number of hydrogen-bond donors (Lipinski definition) is 0. The summed E-state index contributed by atoms with van der Waals surface area (Å²) in [6.45, 7) is 5.39. The first-order valence-corrected chi connectivity index (χ1v) is 6.02. The quantitative estimate of drug-likeness (QED) is 0.691. The first-order chi connectivity index (χ1) is 6.70. The van der Waals surface area contributed by atoms with E-state index in [0.717, 1.165) is 25.4 Å². The molecular weight excluding hydrogens is 176 g/mol. The summed E-state index contributed by atoms with van der Waals surface area (Å²) in [6, 6.07) is 0. The Morgan fingerprint density at radius 3 is 2.64 bits per heavy atom. The van der Waals surface area contributed by atoms with Gasteiger partial charge in [-0.2, -0.15) is 0 Å². The van der Waals surface area contributed by atoms with E-state index >= 15 is 0 Å². The van der Waals surface area contributed by atoms with Crippen molar-refractivity contribution in [3.8, 4) is 0 Å². The number of hydrogen-bond acceptors (Lipinski definition) is 2. The Morgan fingerprint density at radius 1 is 1.36 bits per heavy atom. The zero-order valence-electron chi connectivity index (χ0n) is 9.42. The molecular formula is C12H22O2. The van der Waals surface area contributed by atoms with Gasteiger partial charge in [-0.15, -0.1) is 0 Å². The molecule has 1 saturated heterocycles. The molecule has 0 N–H and O–H groups in total. The predicted octanol–water partition coefficient (Wildman–Crippen LogP) is 3.11. The molecule has 0 aromatic heterocycles. The zero-order valence-corrected chi connectivity index (χ0v) is 9.42. The van der Waals surface area contributed by atoms with Gasteiger partial charge in [-0.25, -0.2) is 0 Å². The Labute approximate surface area is 87.0 Å². The van der Waals surface area contributed by atoms with E-state index in [2.05, 4.69) is 13.8 Å². The van der Waals surface area contributed by atoms with Crippen molar-refractivity contribution in [3.63, 3.8) is 0 Å². The second kappa shape index (κ2) is 4.19. The SMILES string of the molecule is CC(C)CCCC1COC2(CCC2)O1. The molecule has 2 nitrogen and oxygen atoms in total. The Morgan fingerprint density at radius 2 is 2.14 bits per heavy atom. The molecule has 2 rings (SSSR count). The summed E-state index contributed by atoms with van der Waals surface area (Å²) < 4.78 is 11.7. The summed E-state index contributed by atoms with van der Waals surface area (Å²) in [5.74, 6) is 0.692. The van der Waals surface area contributed by atoms with E-state index in [0.29, 0.717) is 6.10 Å². The molecule has 2 heteroatoms. The molecule has 0 aromatic rings. The van der Waals surface area contributed by atoms with Crippen LogP contribution in [-0.2, 0) is 9.47 Å². The van der Waals surface area contributed by atoms with Gasteiger partial charge in [-0.3, -0.25) is 0 Å². The van der Waals surface area contributed by atoms with E-state index in [-0.39, 0.29) is 5.79 Å². The van der Waals surface area contributed by atoms with E-state index in [1.54, 1.807) is 0 Å². The molecule has 82 valence electrons. The fourth-order valence-electron chi connectivity index (χ4n) is 2.24. The highest BCUT2D eigenvalue weighted by molar-refractivity contribution is 4.86. The second-order valence-electron chi connectivity index (χ2n) is 5.14. The van der Waals surface area contributed by atoms with Gasteiger partial charge in [-0.1, -0.05) is 26.7 Å². The van der Waals surface area contributed by atoms with Crippen molar-refractivity contribution in [3.05, 3.63) is 0 Å².